The molecular formula is C29H32FN3O2. The molecule has 2 saturated heterocycles. The summed E-state index contributed by atoms with van der Waals surface area (Å²) in [6.07, 6.45) is 10.8. The fourth-order valence-corrected chi connectivity index (χ4v) is 6.72. The van der Waals surface area contributed by atoms with Crippen molar-refractivity contribution in [2.75, 3.05) is 7.11 Å². The van der Waals surface area contributed by atoms with Gasteiger partial charge in [-0.25, -0.2) is 9.37 Å². The molecule has 6 rings (SSSR count). The first-order valence-electron chi connectivity index (χ1n) is 12.7. The number of piperidine rings is 2. The Balaban J connectivity index is 1.22. The van der Waals surface area contributed by atoms with Crippen molar-refractivity contribution in [1.29, 1.82) is 0 Å². The lowest BCUT2D eigenvalue weighted by atomic mass is 9.55. The van der Waals surface area contributed by atoms with Gasteiger partial charge in [-0.3, -0.25) is 4.79 Å². The molecule has 1 aliphatic carbocycles. The standard InChI is InChI=1S/C29H32FN3O2/c1-19-17-32(18-31-19)26-11-8-21(14-27(26)35-2)22-15-29(16-22)13-12-24-4-3-5-25(33(24)28(29)34)20-6-9-23(30)10-7-20/h6-11,14,17-18,22,24-25H,3-5,12-13,15-16H2,1-2H3. The van der Waals surface area contributed by atoms with Crippen LogP contribution in [-0.4, -0.2) is 33.5 Å². The van der Waals surface area contributed by atoms with E-state index in [9.17, 15) is 9.18 Å². The zero-order valence-electron chi connectivity index (χ0n) is 20.4. The van der Waals surface area contributed by atoms with Gasteiger partial charge >= 0.3 is 0 Å². The van der Waals surface area contributed by atoms with E-state index in [1.54, 1.807) is 13.4 Å². The van der Waals surface area contributed by atoms with Crippen LogP contribution in [0.4, 0.5) is 4.39 Å². The van der Waals surface area contributed by atoms with Crippen LogP contribution >= 0.6 is 0 Å². The molecule has 0 bridgehead atoms. The summed E-state index contributed by atoms with van der Waals surface area (Å²) in [5, 5.41) is 0. The Bertz CT molecular complexity index is 1250. The van der Waals surface area contributed by atoms with Gasteiger partial charge in [0.25, 0.3) is 0 Å². The average Bonchev–Trinajstić information content (AvgIpc) is 3.29. The molecule has 0 radical (unpaired) electrons. The highest BCUT2D eigenvalue weighted by atomic mass is 19.1. The van der Waals surface area contributed by atoms with Gasteiger partial charge in [0.1, 0.15) is 11.6 Å². The number of rotatable bonds is 4. The number of hydrogen-bond donors (Lipinski definition) is 0. The molecule has 2 aromatic carbocycles. The van der Waals surface area contributed by atoms with Crippen LogP contribution in [0.15, 0.2) is 55.0 Å². The van der Waals surface area contributed by atoms with Crippen molar-refractivity contribution < 1.29 is 13.9 Å². The monoisotopic (exact) mass is 473 g/mol. The number of nitrogens with zero attached hydrogens (tertiary/aromatic N) is 3. The first-order chi connectivity index (χ1) is 17.0. The predicted octanol–water partition coefficient (Wildman–Crippen LogP) is 6.11. The van der Waals surface area contributed by atoms with Gasteiger partial charge in [0, 0.05) is 12.2 Å². The van der Waals surface area contributed by atoms with E-state index in [2.05, 4.69) is 28.1 Å². The Morgan fingerprint density at radius 2 is 1.83 bits per heavy atom. The van der Waals surface area contributed by atoms with E-state index in [0.29, 0.717) is 17.9 Å². The molecular weight excluding hydrogens is 441 g/mol. The summed E-state index contributed by atoms with van der Waals surface area (Å²) in [6.45, 7) is 1.97. The molecule has 2 aliphatic heterocycles. The van der Waals surface area contributed by atoms with Gasteiger partial charge in [-0.05, 0) is 93.2 Å². The van der Waals surface area contributed by atoms with Crippen molar-refractivity contribution in [2.45, 2.75) is 69.9 Å². The van der Waals surface area contributed by atoms with E-state index in [1.165, 1.54) is 17.7 Å². The number of hydrogen-bond acceptors (Lipinski definition) is 3. The van der Waals surface area contributed by atoms with Crippen LogP contribution in [0.5, 0.6) is 5.75 Å². The maximum absolute atomic E-state index is 14.0. The summed E-state index contributed by atoms with van der Waals surface area (Å²) in [6, 6.07) is 13.5. The zero-order valence-corrected chi connectivity index (χ0v) is 20.4. The SMILES string of the molecule is COc1cc(C2CC3(CCC4CCCC(c5ccc(F)cc5)N4C3=O)C2)ccc1-n1cnc(C)c1. The molecule has 2 unspecified atom stereocenters. The maximum Gasteiger partial charge on any atom is 0.229 e. The number of carbonyl (C=O) groups excluding carboxylic acids is 1. The van der Waals surface area contributed by atoms with E-state index < -0.39 is 0 Å². The second kappa shape index (κ2) is 8.51. The minimum atomic E-state index is -0.260. The fourth-order valence-electron chi connectivity index (χ4n) is 6.72. The first kappa shape index (κ1) is 22.3. The molecule has 182 valence electrons. The molecule has 1 aromatic heterocycles. The van der Waals surface area contributed by atoms with E-state index in [0.717, 1.165) is 67.6 Å². The third-order valence-corrected chi connectivity index (χ3v) is 8.58. The predicted molar refractivity (Wildman–Crippen MR) is 132 cm³/mol. The third kappa shape index (κ3) is 3.74. The molecule has 1 spiro atoms. The quantitative estimate of drug-likeness (QED) is 0.459. The summed E-state index contributed by atoms with van der Waals surface area (Å²) in [5.41, 5.74) is 3.97. The largest absolute Gasteiger partial charge is 0.495 e. The van der Waals surface area contributed by atoms with Gasteiger partial charge in [0.15, 0.2) is 0 Å². The summed E-state index contributed by atoms with van der Waals surface area (Å²) < 4.78 is 21.2. The van der Waals surface area contributed by atoms with Gasteiger partial charge in [0.05, 0.1) is 36.3 Å². The lowest BCUT2D eigenvalue weighted by molar-refractivity contribution is -0.165. The fraction of sp³-hybridized carbons (Fsp3) is 0.448. The lowest BCUT2D eigenvalue weighted by Crippen LogP contribution is -2.59. The number of amides is 1. The van der Waals surface area contributed by atoms with Crippen LogP contribution in [0.2, 0.25) is 0 Å². The van der Waals surface area contributed by atoms with Crippen molar-refractivity contribution in [3.05, 3.63) is 77.6 Å². The number of fused-ring (bicyclic) bond motifs is 1. The van der Waals surface area contributed by atoms with Crippen molar-refractivity contribution in [2.24, 2.45) is 5.41 Å². The van der Waals surface area contributed by atoms with Gasteiger partial charge in [-0.1, -0.05) is 18.2 Å². The van der Waals surface area contributed by atoms with Crippen LogP contribution in [0, 0.1) is 18.2 Å². The van der Waals surface area contributed by atoms with Crippen LogP contribution in [0.3, 0.4) is 0 Å². The topological polar surface area (TPSA) is 47.4 Å². The van der Waals surface area contributed by atoms with E-state index in [1.807, 2.05) is 29.8 Å². The first-order valence-corrected chi connectivity index (χ1v) is 12.7. The molecule has 1 amide bonds. The van der Waals surface area contributed by atoms with Crippen LogP contribution in [-0.2, 0) is 4.79 Å². The number of aromatic nitrogens is 2. The number of imidazole rings is 1. The number of methoxy groups -OCH3 is 1. The van der Waals surface area contributed by atoms with Crippen molar-refractivity contribution in [3.63, 3.8) is 0 Å². The van der Waals surface area contributed by atoms with E-state index in [4.69, 9.17) is 4.74 Å². The Hall–Kier alpha value is -3.15. The number of aryl methyl sites for hydroxylation is 1. The highest BCUT2D eigenvalue weighted by Gasteiger charge is 2.56. The second-order valence-corrected chi connectivity index (χ2v) is 10.6. The van der Waals surface area contributed by atoms with Crippen molar-refractivity contribution in [1.82, 2.24) is 14.5 Å². The molecule has 0 N–H and O–H groups in total. The molecule has 3 aromatic rings. The second-order valence-electron chi connectivity index (χ2n) is 10.6. The molecule has 2 atom stereocenters. The Morgan fingerprint density at radius 3 is 2.54 bits per heavy atom. The summed E-state index contributed by atoms with van der Waals surface area (Å²) in [5.74, 6) is 1.27. The van der Waals surface area contributed by atoms with Gasteiger partial charge in [0.2, 0.25) is 5.91 Å². The maximum atomic E-state index is 14.0. The van der Waals surface area contributed by atoms with Crippen LogP contribution in [0.1, 0.15) is 73.7 Å². The molecule has 3 aliphatic rings. The van der Waals surface area contributed by atoms with Gasteiger partial charge < -0.3 is 14.2 Å². The Kier molecular flexibility index (Phi) is 5.42. The number of carbonyl (C=O) groups is 1. The average molecular weight is 474 g/mol. The normalized spacial score (nSPS) is 28.0. The molecule has 3 fully saturated rings. The van der Waals surface area contributed by atoms with Crippen molar-refractivity contribution in [3.8, 4) is 11.4 Å². The highest BCUT2D eigenvalue weighted by Crippen LogP contribution is 2.59. The smallest absolute Gasteiger partial charge is 0.229 e. The molecule has 6 heteroatoms. The van der Waals surface area contributed by atoms with E-state index >= 15 is 0 Å². The minimum Gasteiger partial charge on any atom is -0.495 e. The lowest BCUT2D eigenvalue weighted by Gasteiger charge is -2.57. The molecule has 5 nitrogen and oxygen atoms in total. The highest BCUT2D eigenvalue weighted by molar-refractivity contribution is 5.86. The minimum absolute atomic E-state index is 0.0658. The molecule has 3 heterocycles. The third-order valence-electron chi connectivity index (χ3n) is 8.58. The van der Waals surface area contributed by atoms with Crippen molar-refractivity contribution >= 4 is 5.91 Å². The molecule has 35 heavy (non-hydrogen) atoms. The summed E-state index contributed by atoms with van der Waals surface area (Å²) >= 11 is 0. The number of halogens is 1. The van der Waals surface area contributed by atoms with Crippen LogP contribution < -0.4 is 4.74 Å². The van der Waals surface area contributed by atoms with Crippen LogP contribution in [0.25, 0.3) is 5.69 Å². The van der Waals surface area contributed by atoms with Gasteiger partial charge in [-0.2, -0.15) is 0 Å². The number of ether oxygens (including phenoxy) is 1. The summed E-state index contributed by atoms with van der Waals surface area (Å²) in [7, 11) is 1.70. The summed E-state index contributed by atoms with van der Waals surface area (Å²) in [4.78, 5) is 20.5. The van der Waals surface area contributed by atoms with E-state index in [-0.39, 0.29) is 17.3 Å². The number of benzene rings is 2. The van der Waals surface area contributed by atoms with Gasteiger partial charge in [-0.15, -0.1) is 0 Å². The Morgan fingerprint density at radius 1 is 1.06 bits per heavy atom. The zero-order chi connectivity index (χ0) is 24.2. The Labute approximate surface area is 205 Å². The molecule has 1 saturated carbocycles.